The summed E-state index contributed by atoms with van der Waals surface area (Å²) in [6, 6.07) is 9.81. The van der Waals surface area contributed by atoms with Crippen LogP contribution in [0.25, 0.3) is 0 Å². The van der Waals surface area contributed by atoms with Gasteiger partial charge in [0.1, 0.15) is 5.75 Å². The number of rotatable bonds is 5. The number of carbonyl (C=O) groups excluding carboxylic acids is 1. The molecule has 2 rings (SSSR count). The molecule has 0 spiro atoms. The van der Waals surface area contributed by atoms with Crippen LogP contribution in [0.4, 0.5) is 0 Å². The molecular formula is C15H15ClO3S2. The van der Waals surface area contributed by atoms with Gasteiger partial charge in [-0.3, -0.25) is 4.79 Å². The monoisotopic (exact) mass is 342 g/mol. The van der Waals surface area contributed by atoms with E-state index in [4.69, 9.17) is 11.6 Å². The lowest BCUT2D eigenvalue weighted by Gasteiger charge is -2.07. The van der Waals surface area contributed by atoms with Crippen molar-refractivity contribution < 1.29 is 13.2 Å². The van der Waals surface area contributed by atoms with Gasteiger partial charge in [-0.05, 0) is 35.7 Å². The molecule has 0 fully saturated rings. The van der Waals surface area contributed by atoms with Crippen LogP contribution in [0, 0.1) is 0 Å². The van der Waals surface area contributed by atoms with E-state index >= 15 is 0 Å². The smallest absolute Gasteiger partial charge is 0.188 e. The van der Waals surface area contributed by atoms with Crippen molar-refractivity contribution in [2.75, 3.05) is 5.75 Å². The Kier molecular flexibility index (Phi) is 4.86. The van der Waals surface area contributed by atoms with Crippen molar-refractivity contribution >= 4 is 38.6 Å². The van der Waals surface area contributed by atoms with Crippen molar-refractivity contribution in [1.82, 2.24) is 0 Å². The van der Waals surface area contributed by atoms with Crippen LogP contribution in [0.5, 0.6) is 0 Å². The highest BCUT2D eigenvalue weighted by Crippen LogP contribution is 2.23. The normalized spacial score (nSPS) is 11.8. The Hall–Kier alpha value is -1.17. The van der Waals surface area contributed by atoms with Gasteiger partial charge in [0.15, 0.2) is 15.6 Å². The molecule has 1 heterocycles. The van der Waals surface area contributed by atoms with E-state index in [1.165, 1.54) is 0 Å². The molecule has 0 amide bonds. The number of halogens is 1. The fraction of sp³-hybridized carbons (Fsp3) is 0.267. The Morgan fingerprint density at radius 1 is 1.14 bits per heavy atom. The molecule has 6 heteroatoms. The minimum atomic E-state index is -3.63. The number of benzene rings is 1. The van der Waals surface area contributed by atoms with Crippen molar-refractivity contribution in [1.29, 1.82) is 0 Å². The van der Waals surface area contributed by atoms with Gasteiger partial charge in [-0.1, -0.05) is 37.6 Å². The molecule has 0 unspecified atom stereocenters. The predicted octanol–water partition coefficient (Wildman–Crippen LogP) is 4.18. The van der Waals surface area contributed by atoms with Gasteiger partial charge in [0.25, 0.3) is 0 Å². The summed E-state index contributed by atoms with van der Waals surface area (Å²) in [6.45, 7) is 4.07. The molecule has 1 aromatic heterocycles. The Morgan fingerprint density at radius 2 is 1.76 bits per heavy atom. The maximum Gasteiger partial charge on any atom is 0.188 e. The number of hydrogen-bond acceptors (Lipinski definition) is 4. The summed E-state index contributed by atoms with van der Waals surface area (Å²) < 4.78 is 25.0. The molecule has 3 nitrogen and oxygen atoms in total. The highest BCUT2D eigenvalue weighted by molar-refractivity contribution is 7.92. The van der Waals surface area contributed by atoms with E-state index in [-0.39, 0.29) is 4.90 Å². The molecule has 0 atom stereocenters. The minimum Gasteiger partial charge on any atom is -0.292 e. The first-order chi connectivity index (χ1) is 9.79. The van der Waals surface area contributed by atoms with Crippen LogP contribution < -0.4 is 0 Å². The van der Waals surface area contributed by atoms with Crippen molar-refractivity contribution in [3.8, 4) is 0 Å². The molecular weight excluding hydrogens is 328 g/mol. The molecule has 21 heavy (non-hydrogen) atoms. The Balaban J connectivity index is 2.20. The van der Waals surface area contributed by atoms with Gasteiger partial charge in [-0.2, -0.15) is 0 Å². The lowest BCUT2D eigenvalue weighted by Crippen LogP contribution is -2.15. The van der Waals surface area contributed by atoms with Gasteiger partial charge in [-0.15, -0.1) is 11.3 Å². The van der Waals surface area contributed by atoms with E-state index in [1.807, 2.05) is 13.8 Å². The van der Waals surface area contributed by atoms with Gasteiger partial charge >= 0.3 is 0 Å². The molecule has 0 saturated heterocycles. The van der Waals surface area contributed by atoms with Gasteiger partial charge < -0.3 is 0 Å². The molecule has 2 aromatic rings. The third-order valence-corrected chi connectivity index (χ3v) is 5.98. The quantitative estimate of drug-likeness (QED) is 0.766. The first-order valence-electron chi connectivity index (χ1n) is 6.41. The molecule has 0 aliphatic heterocycles. The van der Waals surface area contributed by atoms with E-state index in [0.29, 0.717) is 15.1 Å². The van der Waals surface area contributed by atoms with Gasteiger partial charge in [0.05, 0.1) is 14.1 Å². The molecule has 0 aliphatic rings. The summed E-state index contributed by atoms with van der Waals surface area (Å²) in [5.41, 5.74) is 1.06. The fourth-order valence-corrected chi connectivity index (χ4v) is 4.14. The van der Waals surface area contributed by atoms with E-state index in [0.717, 1.165) is 16.9 Å². The van der Waals surface area contributed by atoms with Crippen molar-refractivity contribution in [2.45, 2.75) is 24.7 Å². The average Bonchev–Trinajstić information content (AvgIpc) is 2.85. The number of carbonyl (C=O) groups is 1. The average molecular weight is 343 g/mol. The summed E-state index contributed by atoms with van der Waals surface area (Å²) in [6.07, 6.45) is 0. The van der Waals surface area contributed by atoms with Crippen LogP contribution in [0.1, 0.15) is 35.0 Å². The van der Waals surface area contributed by atoms with E-state index < -0.39 is 21.4 Å². The second-order valence-electron chi connectivity index (χ2n) is 5.01. The van der Waals surface area contributed by atoms with E-state index in [1.54, 1.807) is 36.4 Å². The minimum absolute atomic E-state index is 0.169. The maximum atomic E-state index is 12.3. The van der Waals surface area contributed by atoms with Gasteiger partial charge in [0, 0.05) is 0 Å². The van der Waals surface area contributed by atoms with Crippen LogP contribution in [0.3, 0.4) is 0 Å². The lowest BCUT2D eigenvalue weighted by atomic mass is 10.0. The molecule has 0 N–H and O–H groups in total. The highest BCUT2D eigenvalue weighted by atomic mass is 35.5. The van der Waals surface area contributed by atoms with Crippen molar-refractivity contribution in [3.05, 3.63) is 51.2 Å². The van der Waals surface area contributed by atoms with Gasteiger partial charge in [-0.25, -0.2) is 8.42 Å². The zero-order valence-corrected chi connectivity index (χ0v) is 14.1. The summed E-state index contributed by atoms with van der Waals surface area (Å²) in [5, 5.41) is 0. The van der Waals surface area contributed by atoms with E-state index in [9.17, 15) is 13.2 Å². The highest BCUT2D eigenvalue weighted by Gasteiger charge is 2.21. The van der Waals surface area contributed by atoms with Crippen molar-refractivity contribution in [2.24, 2.45) is 0 Å². The Morgan fingerprint density at radius 3 is 2.24 bits per heavy atom. The molecule has 1 aromatic carbocycles. The van der Waals surface area contributed by atoms with Gasteiger partial charge in [0.2, 0.25) is 0 Å². The summed E-state index contributed by atoms with van der Waals surface area (Å²) >= 11 is 6.85. The Bertz CT molecular complexity index is 743. The SMILES string of the molecule is CC(C)c1ccc(S(=O)(=O)CC(=O)c2ccc(Cl)s2)cc1. The Labute approximate surface area is 133 Å². The molecule has 112 valence electrons. The standard InChI is InChI=1S/C15H15ClO3S2/c1-10(2)11-3-5-12(6-4-11)21(18,19)9-13(17)14-7-8-15(16)20-14/h3-8,10H,9H2,1-2H3. The van der Waals surface area contributed by atoms with Crippen LogP contribution in [0.15, 0.2) is 41.3 Å². The number of ketones is 1. The van der Waals surface area contributed by atoms with Crippen LogP contribution in [-0.4, -0.2) is 20.0 Å². The number of sulfone groups is 1. The lowest BCUT2D eigenvalue weighted by molar-refractivity contribution is 0.102. The second kappa shape index (κ2) is 6.30. The topological polar surface area (TPSA) is 51.2 Å². The summed E-state index contributed by atoms with van der Waals surface area (Å²) in [5.74, 6) is -0.637. The summed E-state index contributed by atoms with van der Waals surface area (Å²) in [7, 11) is -3.63. The molecule has 0 bridgehead atoms. The predicted molar refractivity (Wildman–Crippen MR) is 86.2 cm³/mol. The molecule has 0 saturated carbocycles. The fourth-order valence-electron chi connectivity index (χ4n) is 1.85. The van der Waals surface area contributed by atoms with Crippen LogP contribution >= 0.6 is 22.9 Å². The number of Topliss-reactive ketones (excluding diaryl/α,β-unsaturated/α-hetero) is 1. The van der Waals surface area contributed by atoms with Crippen LogP contribution in [0.2, 0.25) is 4.34 Å². The second-order valence-corrected chi connectivity index (χ2v) is 8.71. The molecule has 0 radical (unpaired) electrons. The largest absolute Gasteiger partial charge is 0.292 e. The van der Waals surface area contributed by atoms with Crippen molar-refractivity contribution in [3.63, 3.8) is 0 Å². The van der Waals surface area contributed by atoms with E-state index in [2.05, 4.69) is 0 Å². The first kappa shape index (κ1) is 16.2. The molecule has 0 aliphatic carbocycles. The summed E-state index contributed by atoms with van der Waals surface area (Å²) in [4.78, 5) is 12.5. The number of thiophene rings is 1. The zero-order valence-electron chi connectivity index (χ0n) is 11.7. The zero-order chi connectivity index (χ0) is 15.6. The maximum absolute atomic E-state index is 12.3. The van der Waals surface area contributed by atoms with Crippen LogP contribution in [-0.2, 0) is 9.84 Å². The third kappa shape index (κ3) is 3.93. The number of hydrogen-bond donors (Lipinski definition) is 0. The first-order valence-corrected chi connectivity index (χ1v) is 9.25. The third-order valence-electron chi connectivity index (χ3n) is 3.08.